The Hall–Kier alpha value is -4.94. The smallest absolute Gasteiger partial charge is 0.262 e. The van der Waals surface area contributed by atoms with Crippen molar-refractivity contribution in [1.29, 1.82) is 5.26 Å². The minimum absolute atomic E-state index is 0.00000819. The molecule has 8 nitrogen and oxygen atoms in total. The van der Waals surface area contributed by atoms with Crippen molar-refractivity contribution in [1.82, 2.24) is 9.55 Å². The Morgan fingerprint density at radius 1 is 0.923 bits per heavy atom. The van der Waals surface area contributed by atoms with Gasteiger partial charge in [-0.2, -0.15) is 5.26 Å². The summed E-state index contributed by atoms with van der Waals surface area (Å²) >= 11 is 0. The first kappa shape index (κ1) is 25.7. The van der Waals surface area contributed by atoms with Gasteiger partial charge in [0.25, 0.3) is 10.0 Å². The molecule has 39 heavy (non-hydrogen) atoms. The molecule has 0 aliphatic carbocycles. The zero-order chi connectivity index (χ0) is 27.4. The fraction of sp³-hybridized carbons (Fsp3) is 0.100. The predicted octanol–water partition coefficient (Wildman–Crippen LogP) is 4.38. The molecule has 3 N–H and O–H groups in total. The molecule has 9 heteroatoms. The minimum atomic E-state index is -3.98. The second kappa shape index (κ2) is 10.8. The molecule has 0 atom stereocenters. The van der Waals surface area contributed by atoms with E-state index >= 15 is 0 Å². The molecule has 1 heterocycles. The lowest BCUT2D eigenvalue weighted by molar-refractivity contribution is -0.117. The lowest BCUT2D eigenvalue weighted by Gasteiger charge is -2.12. The predicted molar refractivity (Wildman–Crippen MR) is 149 cm³/mol. The van der Waals surface area contributed by atoms with Gasteiger partial charge in [0.15, 0.2) is 0 Å². The number of hydrogen-bond donors (Lipinski definition) is 2. The van der Waals surface area contributed by atoms with E-state index in [9.17, 15) is 13.2 Å². The van der Waals surface area contributed by atoms with Gasteiger partial charge in [0.05, 0.1) is 39.7 Å². The molecule has 5 aromatic rings. The molecule has 0 aliphatic rings. The quantitative estimate of drug-likeness (QED) is 0.289. The van der Waals surface area contributed by atoms with Crippen molar-refractivity contribution in [2.75, 3.05) is 4.72 Å². The van der Waals surface area contributed by atoms with Crippen LogP contribution in [-0.4, -0.2) is 23.9 Å². The van der Waals surface area contributed by atoms with Crippen LogP contribution in [0.5, 0.6) is 0 Å². The Bertz CT molecular complexity index is 1810. The number of primary amides is 1. The van der Waals surface area contributed by atoms with Crippen LogP contribution in [0.1, 0.15) is 28.1 Å². The maximum Gasteiger partial charge on any atom is 0.262 e. The van der Waals surface area contributed by atoms with Crippen LogP contribution in [0.2, 0.25) is 0 Å². The number of hydrogen-bond acceptors (Lipinski definition) is 5. The normalized spacial score (nSPS) is 11.3. The highest BCUT2D eigenvalue weighted by molar-refractivity contribution is 7.92. The fourth-order valence-corrected chi connectivity index (χ4v) is 5.80. The third kappa shape index (κ3) is 5.81. The van der Waals surface area contributed by atoms with E-state index in [1.165, 1.54) is 6.07 Å². The first-order valence-corrected chi connectivity index (χ1v) is 13.7. The van der Waals surface area contributed by atoms with Crippen LogP contribution in [0.15, 0.2) is 102 Å². The lowest BCUT2D eigenvalue weighted by Crippen LogP contribution is -2.19. The summed E-state index contributed by atoms with van der Waals surface area (Å²) in [7, 11) is -3.98. The number of anilines is 1. The summed E-state index contributed by atoms with van der Waals surface area (Å²) < 4.78 is 31.2. The van der Waals surface area contributed by atoms with Crippen LogP contribution in [0.25, 0.3) is 11.0 Å². The molecule has 0 bridgehead atoms. The Morgan fingerprint density at radius 3 is 2.36 bits per heavy atom. The van der Waals surface area contributed by atoms with E-state index in [1.54, 1.807) is 42.5 Å². The van der Waals surface area contributed by atoms with Crippen molar-refractivity contribution in [3.8, 4) is 6.07 Å². The molecule has 0 unspecified atom stereocenters. The lowest BCUT2D eigenvalue weighted by atomic mass is 10.1. The summed E-state index contributed by atoms with van der Waals surface area (Å²) in [5.74, 6) is 0.197. The molecule has 0 fully saturated rings. The Morgan fingerprint density at radius 2 is 1.64 bits per heavy atom. The summed E-state index contributed by atoms with van der Waals surface area (Å²) in [6, 6.07) is 31.1. The SMILES string of the molecule is N#Cc1ccc(Cc2nc3cc(NS(=O)(=O)c4ccccc4CC(N)=O)ccc3n2Cc2ccccc2)cc1. The van der Waals surface area contributed by atoms with E-state index in [1.807, 2.05) is 48.5 Å². The van der Waals surface area contributed by atoms with Gasteiger partial charge in [0.1, 0.15) is 5.82 Å². The number of imidazole rings is 1. The highest BCUT2D eigenvalue weighted by Gasteiger charge is 2.20. The Balaban J connectivity index is 1.51. The number of nitrogens with one attached hydrogen (secondary N) is 1. The maximum absolute atomic E-state index is 13.2. The molecular weight excluding hydrogens is 510 g/mol. The summed E-state index contributed by atoms with van der Waals surface area (Å²) in [5, 5.41) is 9.12. The second-order valence-electron chi connectivity index (χ2n) is 9.15. The molecule has 194 valence electrons. The first-order valence-electron chi connectivity index (χ1n) is 12.2. The summed E-state index contributed by atoms with van der Waals surface area (Å²) in [6.45, 7) is 0.592. The zero-order valence-electron chi connectivity index (χ0n) is 20.9. The zero-order valence-corrected chi connectivity index (χ0v) is 21.7. The Kier molecular flexibility index (Phi) is 7.12. The Labute approximate surface area is 226 Å². The molecule has 0 radical (unpaired) electrons. The largest absolute Gasteiger partial charge is 0.369 e. The number of amides is 1. The number of benzene rings is 4. The van der Waals surface area contributed by atoms with E-state index < -0.39 is 15.9 Å². The van der Waals surface area contributed by atoms with Crippen LogP contribution in [0, 0.1) is 11.3 Å². The standard InChI is InChI=1S/C30H25N5O3S/c31-19-22-12-10-21(11-13-22)16-30-33-26-18-25(14-15-27(26)35(30)20-23-6-2-1-3-7-23)34-39(37,38)28-9-5-4-8-24(28)17-29(32)36/h1-15,18,34H,16-17,20H2,(H2,32,36). The fourth-order valence-electron chi connectivity index (χ4n) is 4.51. The molecule has 4 aromatic carbocycles. The van der Waals surface area contributed by atoms with Gasteiger partial charge in [0.2, 0.25) is 5.91 Å². The summed E-state index contributed by atoms with van der Waals surface area (Å²) in [4.78, 5) is 16.3. The molecular formula is C30H25N5O3S. The molecule has 1 aromatic heterocycles. The third-order valence-corrected chi connectivity index (χ3v) is 7.82. The van der Waals surface area contributed by atoms with Gasteiger partial charge in [-0.1, -0.05) is 60.7 Å². The van der Waals surface area contributed by atoms with Crippen LogP contribution in [0.4, 0.5) is 5.69 Å². The number of carbonyl (C=O) groups excluding carboxylic acids is 1. The number of nitrogens with zero attached hydrogens (tertiary/aromatic N) is 3. The van der Waals surface area contributed by atoms with E-state index in [0.717, 1.165) is 22.5 Å². The number of aromatic nitrogens is 2. The molecule has 0 aliphatic heterocycles. The van der Waals surface area contributed by atoms with Crippen LogP contribution in [-0.2, 0) is 34.2 Å². The van der Waals surface area contributed by atoms with Crippen molar-refractivity contribution in [2.24, 2.45) is 5.73 Å². The molecule has 1 amide bonds. The van der Waals surface area contributed by atoms with Gasteiger partial charge >= 0.3 is 0 Å². The van der Waals surface area contributed by atoms with Gasteiger partial charge < -0.3 is 10.3 Å². The second-order valence-corrected chi connectivity index (χ2v) is 10.8. The number of fused-ring (bicyclic) bond motifs is 1. The van der Waals surface area contributed by atoms with Crippen LogP contribution < -0.4 is 10.5 Å². The highest BCUT2D eigenvalue weighted by Crippen LogP contribution is 2.26. The topological polar surface area (TPSA) is 131 Å². The van der Waals surface area contributed by atoms with Crippen molar-refractivity contribution in [3.05, 3.63) is 125 Å². The van der Waals surface area contributed by atoms with Gasteiger partial charge in [-0.3, -0.25) is 9.52 Å². The maximum atomic E-state index is 13.2. The van der Waals surface area contributed by atoms with Crippen molar-refractivity contribution in [2.45, 2.75) is 24.3 Å². The van der Waals surface area contributed by atoms with E-state index in [0.29, 0.717) is 35.3 Å². The summed E-state index contributed by atoms with van der Waals surface area (Å²) in [5.41, 5.74) is 10.2. The number of nitriles is 1. The van der Waals surface area contributed by atoms with Crippen molar-refractivity contribution >= 4 is 32.7 Å². The number of carbonyl (C=O) groups is 1. The summed E-state index contributed by atoms with van der Waals surface area (Å²) in [6.07, 6.45) is 0.355. The van der Waals surface area contributed by atoms with E-state index in [-0.39, 0.29) is 11.3 Å². The van der Waals surface area contributed by atoms with Crippen LogP contribution >= 0.6 is 0 Å². The van der Waals surface area contributed by atoms with Crippen molar-refractivity contribution in [3.63, 3.8) is 0 Å². The van der Waals surface area contributed by atoms with Crippen molar-refractivity contribution < 1.29 is 13.2 Å². The molecule has 5 rings (SSSR count). The van der Waals surface area contributed by atoms with Gasteiger partial charge in [-0.05, 0) is 53.1 Å². The average molecular weight is 536 g/mol. The number of sulfonamides is 1. The molecule has 0 saturated heterocycles. The monoisotopic (exact) mass is 535 g/mol. The van der Waals surface area contributed by atoms with Gasteiger partial charge in [-0.15, -0.1) is 0 Å². The molecule has 0 saturated carbocycles. The van der Waals surface area contributed by atoms with E-state index in [4.69, 9.17) is 16.0 Å². The first-order chi connectivity index (χ1) is 18.8. The highest BCUT2D eigenvalue weighted by atomic mass is 32.2. The van der Waals surface area contributed by atoms with Gasteiger partial charge in [-0.25, -0.2) is 13.4 Å². The third-order valence-electron chi connectivity index (χ3n) is 6.34. The molecule has 0 spiro atoms. The number of nitrogens with two attached hydrogens (primary N) is 1. The minimum Gasteiger partial charge on any atom is -0.369 e. The van der Waals surface area contributed by atoms with Gasteiger partial charge in [0, 0.05) is 13.0 Å². The van der Waals surface area contributed by atoms with E-state index in [2.05, 4.69) is 15.4 Å². The van der Waals surface area contributed by atoms with Crippen LogP contribution in [0.3, 0.4) is 0 Å². The number of rotatable bonds is 9. The average Bonchev–Trinajstić information content (AvgIpc) is 3.25.